The standard InChI is InChI=1S/C58H39N/c1-36-30-51-55-53(32-36)58(48-25-15-13-23-44(48)46-29-27-42(35-50(46)58)59(40-18-8-4-9-19-40)41-20-10-5-11-21-41)54-33-37(2)31-52(56(54)55)57(51)47-24-14-12-22-43(47)45-28-26-39(34-49(45)57)38-16-6-3-7-17-38/h3-35H,1-2H3. The summed E-state index contributed by atoms with van der Waals surface area (Å²) in [7, 11) is 0. The molecule has 0 fully saturated rings. The Balaban J connectivity index is 1.14. The maximum Gasteiger partial charge on any atom is 0.0726 e. The first-order chi connectivity index (χ1) is 29.1. The van der Waals surface area contributed by atoms with E-state index in [0.717, 1.165) is 17.1 Å². The second-order valence-corrected chi connectivity index (χ2v) is 16.9. The van der Waals surface area contributed by atoms with Crippen molar-refractivity contribution in [1.29, 1.82) is 0 Å². The molecular formula is C58H39N. The molecule has 2 spiro atoms. The smallest absolute Gasteiger partial charge is 0.0726 e. The first kappa shape index (κ1) is 32.8. The van der Waals surface area contributed by atoms with Gasteiger partial charge in [-0.1, -0.05) is 169 Å². The van der Waals surface area contributed by atoms with E-state index in [4.69, 9.17) is 0 Å². The van der Waals surface area contributed by atoms with Gasteiger partial charge in [0, 0.05) is 17.1 Å². The molecule has 0 aliphatic heterocycles. The fourth-order valence-corrected chi connectivity index (χ4v) is 11.8. The van der Waals surface area contributed by atoms with Crippen LogP contribution in [0.25, 0.3) is 44.5 Å². The van der Waals surface area contributed by atoms with Gasteiger partial charge in [-0.25, -0.2) is 0 Å². The van der Waals surface area contributed by atoms with Crippen molar-refractivity contribution in [3.05, 3.63) is 256 Å². The van der Waals surface area contributed by atoms with E-state index in [-0.39, 0.29) is 0 Å². The molecule has 0 aromatic heterocycles. The summed E-state index contributed by atoms with van der Waals surface area (Å²) in [5, 5.41) is 0. The largest absolute Gasteiger partial charge is 0.310 e. The van der Waals surface area contributed by atoms with Gasteiger partial charge in [0.1, 0.15) is 0 Å². The van der Waals surface area contributed by atoms with Crippen LogP contribution in [0.3, 0.4) is 0 Å². The molecule has 4 aliphatic carbocycles. The van der Waals surface area contributed by atoms with Crippen LogP contribution in [0.4, 0.5) is 17.1 Å². The van der Waals surface area contributed by atoms with Crippen molar-refractivity contribution < 1.29 is 0 Å². The number of hydrogen-bond donors (Lipinski definition) is 0. The third-order valence-corrected chi connectivity index (χ3v) is 13.9. The number of para-hydroxylation sites is 2. The molecule has 0 heterocycles. The summed E-state index contributed by atoms with van der Waals surface area (Å²) < 4.78 is 0. The van der Waals surface area contributed by atoms with E-state index in [2.05, 4.69) is 219 Å². The summed E-state index contributed by atoms with van der Waals surface area (Å²) in [6.45, 7) is 4.63. The molecule has 0 saturated heterocycles. The van der Waals surface area contributed by atoms with Crippen molar-refractivity contribution in [2.24, 2.45) is 0 Å². The van der Waals surface area contributed by atoms with Crippen LogP contribution in [0.5, 0.6) is 0 Å². The lowest BCUT2D eigenvalue weighted by Crippen LogP contribution is -2.31. The Hall–Kier alpha value is -7.22. The van der Waals surface area contributed by atoms with Crippen molar-refractivity contribution in [3.8, 4) is 44.5 Å². The van der Waals surface area contributed by atoms with Crippen molar-refractivity contribution >= 4 is 17.1 Å². The van der Waals surface area contributed by atoms with Gasteiger partial charge in [-0.15, -0.1) is 0 Å². The number of rotatable bonds is 4. The summed E-state index contributed by atoms with van der Waals surface area (Å²) in [4.78, 5) is 2.41. The molecule has 9 aromatic rings. The van der Waals surface area contributed by atoms with E-state index in [1.165, 1.54) is 100 Å². The van der Waals surface area contributed by atoms with Crippen LogP contribution in [0.1, 0.15) is 55.6 Å². The van der Waals surface area contributed by atoms with Gasteiger partial charge in [-0.05, 0) is 145 Å². The average molecular weight is 750 g/mol. The third-order valence-electron chi connectivity index (χ3n) is 13.9. The number of benzene rings is 9. The molecular weight excluding hydrogens is 711 g/mol. The van der Waals surface area contributed by atoms with Crippen molar-refractivity contribution in [1.82, 2.24) is 0 Å². The molecule has 4 aliphatic rings. The lowest BCUT2D eigenvalue weighted by atomic mass is 9.64. The molecule has 13 rings (SSSR count). The zero-order valence-electron chi connectivity index (χ0n) is 33.0. The fourth-order valence-electron chi connectivity index (χ4n) is 11.8. The maximum absolute atomic E-state index is 2.53. The number of nitrogens with zero attached hydrogens (tertiary/aromatic N) is 1. The van der Waals surface area contributed by atoms with E-state index in [1.807, 2.05) is 0 Å². The Morgan fingerprint density at radius 3 is 1.20 bits per heavy atom. The minimum atomic E-state index is -0.484. The lowest BCUT2D eigenvalue weighted by molar-refractivity contribution is 0.753. The van der Waals surface area contributed by atoms with Gasteiger partial charge in [0.05, 0.1) is 10.8 Å². The van der Waals surface area contributed by atoms with Gasteiger partial charge in [0.15, 0.2) is 0 Å². The Labute approximate surface area is 345 Å². The van der Waals surface area contributed by atoms with E-state index in [1.54, 1.807) is 0 Å². The zero-order chi connectivity index (χ0) is 39.0. The number of fused-ring (bicyclic) bond motifs is 14. The van der Waals surface area contributed by atoms with Crippen LogP contribution in [-0.4, -0.2) is 0 Å². The summed E-state index contributed by atoms with van der Waals surface area (Å²) in [5.74, 6) is 0. The SMILES string of the molecule is Cc1cc2c3c(c1)C1(c4ccccc4-c4ccc(N(c5ccccc5)c5ccccc5)cc41)c1cc(C)cc(c1-3)C21c2ccccc2-c2ccc(-c3ccccc3)cc21. The number of aryl methyl sites for hydroxylation is 2. The van der Waals surface area contributed by atoms with E-state index in [9.17, 15) is 0 Å². The average Bonchev–Trinajstić information content (AvgIpc) is 3.95. The second kappa shape index (κ2) is 11.7. The number of hydrogen-bond acceptors (Lipinski definition) is 1. The van der Waals surface area contributed by atoms with Gasteiger partial charge in [-0.3, -0.25) is 0 Å². The minimum Gasteiger partial charge on any atom is -0.310 e. The third kappa shape index (κ3) is 4.05. The minimum absolute atomic E-state index is 0.440. The van der Waals surface area contributed by atoms with Crippen LogP contribution in [0.15, 0.2) is 200 Å². The van der Waals surface area contributed by atoms with Crippen molar-refractivity contribution in [2.45, 2.75) is 24.7 Å². The highest BCUT2D eigenvalue weighted by molar-refractivity contribution is 6.05. The normalized spacial score (nSPS) is 14.5. The molecule has 0 bridgehead atoms. The van der Waals surface area contributed by atoms with Gasteiger partial charge < -0.3 is 4.90 Å². The fraction of sp³-hybridized carbons (Fsp3) is 0.0690. The van der Waals surface area contributed by atoms with Gasteiger partial charge >= 0.3 is 0 Å². The van der Waals surface area contributed by atoms with E-state index in [0.29, 0.717) is 0 Å². The molecule has 0 atom stereocenters. The first-order valence-corrected chi connectivity index (χ1v) is 20.8. The van der Waals surface area contributed by atoms with Crippen LogP contribution >= 0.6 is 0 Å². The van der Waals surface area contributed by atoms with Gasteiger partial charge in [0.25, 0.3) is 0 Å². The Kier molecular flexibility index (Phi) is 6.50. The zero-order valence-corrected chi connectivity index (χ0v) is 33.0. The predicted molar refractivity (Wildman–Crippen MR) is 243 cm³/mol. The van der Waals surface area contributed by atoms with Gasteiger partial charge in [-0.2, -0.15) is 0 Å². The first-order valence-electron chi connectivity index (χ1n) is 20.8. The summed E-state index contributed by atoms with van der Waals surface area (Å²) in [5.41, 5.74) is 26.9. The van der Waals surface area contributed by atoms with Gasteiger partial charge in [0.2, 0.25) is 0 Å². The lowest BCUT2D eigenvalue weighted by Gasteiger charge is -2.37. The predicted octanol–water partition coefficient (Wildman–Crippen LogP) is 14.5. The topological polar surface area (TPSA) is 3.24 Å². The van der Waals surface area contributed by atoms with Crippen LogP contribution in [0, 0.1) is 13.8 Å². The Morgan fingerprint density at radius 1 is 0.288 bits per heavy atom. The molecule has 0 unspecified atom stereocenters. The number of anilines is 3. The van der Waals surface area contributed by atoms with E-state index < -0.39 is 10.8 Å². The second-order valence-electron chi connectivity index (χ2n) is 16.9. The molecule has 0 amide bonds. The maximum atomic E-state index is 2.53. The molecule has 0 saturated carbocycles. The van der Waals surface area contributed by atoms with Crippen LogP contribution in [0.2, 0.25) is 0 Å². The van der Waals surface area contributed by atoms with Crippen LogP contribution < -0.4 is 4.90 Å². The molecule has 9 aromatic carbocycles. The van der Waals surface area contributed by atoms with Crippen LogP contribution in [-0.2, 0) is 10.8 Å². The monoisotopic (exact) mass is 749 g/mol. The molecule has 59 heavy (non-hydrogen) atoms. The Morgan fingerprint density at radius 2 is 0.695 bits per heavy atom. The highest BCUT2D eigenvalue weighted by Crippen LogP contribution is 2.72. The molecule has 276 valence electrons. The highest BCUT2D eigenvalue weighted by Gasteiger charge is 2.61. The van der Waals surface area contributed by atoms with Crippen molar-refractivity contribution in [2.75, 3.05) is 4.90 Å². The van der Waals surface area contributed by atoms with E-state index >= 15 is 0 Å². The quantitative estimate of drug-likeness (QED) is 0.173. The molecule has 1 nitrogen and oxygen atoms in total. The molecule has 1 heteroatoms. The van der Waals surface area contributed by atoms with Crippen molar-refractivity contribution in [3.63, 3.8) is 0 Å². The highest BCUT2D eigenvalue weighted by atomic mass is 15.1. The summed E-state index contributed by atoms with van der Waals surface area (Å²) >= 11 is 0. The molecule has 0 radical (unpaired) electrons. The summed E-state index contributed by atoms with van der Waals surface area (Å²) in [6, 6.07) is 75.5. The summed E-state index contributed by atoms with van der Waals surface area (Å²) in [6.07, 6.45) is 0. The molecule has 0 N–H and O–H groups in total. The Bertz CT molecular complexity index is 3130.